The van der Waals surface area contributed by atoms with Crippen molar-refractivity contribution in [3.63, 3.8) is 0 Å². The van der Waals surface area contributed by atoms with Crippen LogP contribution in [0.25, 0.3) is 10.9 Å². The Balaban J connectivity index is 1.42. The molecule has 2 aromatic heterocycles. The standard InChI is InChI=1S/C18H19N5O3/c1-11(2)16-20-17(26-21-16)12-7-22(8-12)15(24)9-23-10-19-14-6-4-3-5-13(14)18(23)25/h3-6,10-12H,7-9H2,1-2H3. The maximum atomic E-state index is 12.5. The van der Waals surface area contributed by atoms with Gasteiger partial charge in [0.15, 0.2) is 5.82 Å². The van der Waals surface area contributed by atoms with E-state index in [-0.39, 0.29) is 29.8 Å². The lowest BCUT2D eigenvalue weighted by atomic mass is 10.00. The van der Waals surface area contributed by atoms with E-state index in [0.29, 0.717) is 35.7 Å². The lowest BCUT2D eigenvalue weighted by Gasteiger charge is -2.37. The van der Waals surface area contributed by atoms with Crippen molar-refractivity contribution in [3.8, 4) is 0 Å². The number of hydrogen-bond donors (Lipinski definition) is 0. The summed E-state index contributed by atoms with van der Waals surface area (Å²) in [4.78, 5) is 35.2. The third-order valence-electron chi connectivity index (χ3n) is 4.59. The molecule has 0 atom stereocenters. The van der Waals surface area contributed by atoms with Gasteiger partial charge in [-0.1, -0.05) is 31.1 Å². The molecule has 4 rings (SSSR count). The lowest BCUT2D eigenvalue weighted by molar-refractivity contribution is -0.136. The fourth-order valence-electron chi connectivity index (χ4n) is 2.95. The number of fused-ring (bicyclic) bond motifs is 1. The highest BCUT2D eigenvalue weighted by Gasteiger charge is 2.35. The Morgan fingerprint density at radius 3 is 2.81 bits per heavy atom. The number of rotatable bonds is 4. The first-order valence-electron chi connectivity index (χ1n) is 8.58. The van der Waals surface area contributed by atoms with Crippen LogP contribution in [-0.4, -0.2) is 43.6 Å². The molecule has 1 aromatic carbocycles. The molecule has 0 N–H and O–H groups in total. The second-order valence-corrected chi connectivity index (χ2v) is 6.84. The van der Waals surface area contributed by atoms with Gasteiger partial charge in [0, 0.05) is 19.0 Å². The van der Waals surface area contributed by atoms with Gasteiger partial charge in [-0.15, -0.1) is 0 Å². The maximum Gasteiger partial charge on any atom is 0.261 e. The molecule has 0 spiro atoms. The molecule has 3 aromatic rings. The lowest BCUT2D eigenvalue weighted by Crippen LogP contribution is -2.50. The molecule has 1 aliphatic rings. The average Bonchev–Trinajstić information content (AvgIpc) is 3.06. The van der Waals surface area contributed by atoms with E-state index in [9.17, 15) is 9.59 Å². The SMILES string of the molecule is CC(C)c1noc(C2CN(C(=O)Cn3cnc4ccccc4c3=O)C2)n1. The molecule has 26 heavy (non-hydrogen) atoms. The summed E-state index contributed by atoms with van der Waals surface area (Å²) in [6, 6.07) is 7.10. The number of para-hydroxylation sites is 1. The van der Waals surface area contributed by atoms with Crippen LogP contribution in [-0.2, 0) is 11.3 Å². The topological polar surface area (TPSA) is 94.1 Å². The summed E-state index contributed by atoms with van der Waals surface area (Å²) in [7, 11) is 0. The summed E-state index contributed by atoms with van der Waals surface area (Å²) in [5, 5.41) is 4.46. The molecule has 0 unspecified atom stereocenters. The number of benzene rings is 1. The molecule has 1 fully saturated rings. The molecule has 8 heteroatoms. The van der Waals surface area contributed by atoms with Gasteiger partial charge in [0.25, 0.3) is 5.56 Å². The molecule has 3 heterocycles. The van der Waals surface area contributed by atoms with E-state index in [1.165, 1.54) is 10.9 Å². The highest BCUT2D eigenvalue weighted by molar-refractivity contribution is 5.79. The van der Waals surface area contributed by atoms with E-state index in [1.54, 1.807) is 23.1 Å². The van der Waals surface area contributed by atoms with E-state index >= 15 is 0 Å². The third-order valence-corrected chi connectivity index (χ3v) is 4.59. The molecule has 1 aliphatic heterocycles. The minimum absolute atomic E-state index is 0.0233. The zero-order chi connectivity index (χ0) is 18.3. The first kappa shape index (κ1) is 16.4. The number of likely N-dealkylation sites (tertiary alicyclic amines) is 1. The van der Waals surface area contributed by atoms with Crippen molar-refractivity contribution in [2.24, 2.45) is 0 Å². The van der Waals surface area contributed by atoms with Crippen molar-refractivity contribution >= 4 is 16.8 Å². The summed E-state index contributed by atoms with van der Waals surface area (Å²) in [5.74, 6) is 1.40. The number of hydrogen-bond acceptors (Lipinski definition) is 6. The Hall–Kier alpha value is -3.03. The number of carbonyl (C=O) groups excluding carboxylic acids is 1. The summed E-state index contributed by atoms with van der Waals surface area (Å²) >= 11 is 0. The third kappa shape index (κ3) is 2.87. The van der Waals surface area contributed by atoms with E-state index in [2.05, 4.69) is 15.1 Å². The fourth-order valence-corrected chi connectivity index (χ4v) is 2.95. The van der Waals surface area contributed by atoms with Crippen LogP contribution in [0, 0.1) is 0 Å². The van der Waals surface area contributed by atoms with Gasteiger partial charge in [-0.3, -0.25) is 14.2 Å². The van der Waals surface area contributed by atoms with Crippen molar-refractivity contribution in [1.29, 1.82) is 0 Å². The minimum Gasteiger partial charge on any atom is -0.339 e. The van der Waals surface area contributed by atoms with Gasteiger partial charge < -0.3 is 9.42 Å². The van der Waals surface area contributed by atoms with Crippen LogP contribution in [0.1, 0.15) is 37.4 Å². The van der Waals surface area contributed by atoms with Gasteiger partial charge in [0.05, 0.1) is 23.1 Å². The van der Waals surface area contributed by atoms with Crippen molar-refractivity contribution in [2.45, 2.75) is 32.2 Å². The van der Waals surface area contributed by atoms with Gasteiger partial charge >= 0.3 is 0 Å². The number of amides is 1. The zero-order valence-corrected chi connectivity index (χ0v) is 14.6. The first-order chi connectivity index (χ1) is 12.5. The van der Waals surface area contributed by atoms with Gasteiger partial charge in [-0.05, 0) is 12.1 Å². The van der Waals surface area contributed by atoms with Gasteiger partial charge in [0.2, 0.25) is 11.8 Å². The summed E-state index contributed by atoms with van der Waals surface area (Å²) in [5.41, 5.74) is 0.419. The molecule has 0 aliphatic carbocycles. The van der Waals surface area contributed by atoms with Crippen molar-refractivity contribution in [2.75, 3.05) is 13.1 Å². The predicted molar refractivity (Wildman–Crippen MR) is 93.7 cm³/mol. The van der Waals surface area contributed by atoms with E-state index in [1.807, 2.05) is 19.9 Å². The Labute approximate surface area is 149 Å². The molecular formula is C18H19N5O3. The summed E-state index contributed by atoms with van der Waals surface area (Å²) < 4.78 is 6.63. The van der Waals surface area contributed by atoms with Gasteiger partial charge in [-0.25, -0.2) is 4.98 Å². The zero-order valence-electron chi connectivity index (χ0n) is 14.6. The van der Waals surface area contributed by atoms with Crippen LogP contribution in [0.5, 0.6) is 0 Å². The average molecular weight is 353 g/mol. The quantitative estimate of drug-likeness (QED) is 0.706. The highest BCUT2D eigenvalue weighted by atomic mass is 16.5. The van der Waals surface area contributed by atoms with E-state index in [4.69, 9.17) is 4.52 Å². The van der Waals surface area contributed by atoms with Crippen LogP contribution in [0.15, 0.2) is 39.9 Å². The Morgan fingerprint density at radius 1 is 1.31 bits per heavy atom. The summed E-state index contributed by atoms with van der Waals surface area (Å²) in [6.07, 6.45) is 1.42. The van der Waals surface area contributed by atoms with Crippen LogP contribution in [0.3, 0.4) is 0 Å². The Bertz CT molecular complexity index is 1020. The maximum absolute atomic E-state index is 12.5. The largest absolute Gasteiger partial charge is 0.339 e. The van der Waals surface area contributed by atoms with Crippen LogP contribution >= 0.6 is 0 Å². The molecule has 8 nitrogen and oxygen atoms in total. The molecule has 0 saturated carbocycles. The van der Waals surface area contributed by atoms with Gasteiger partial charge in [-0.2, -0.15) is 4.98 Å². The smallest absolute Gasteiger partial charge is 0.261 e. The molecular weight excluding hydrogens is 334 g/mol. The molecule has 0 radical (unpaired) electrons. The van der Waals surface area contributed by atoms with Crippen molar-refractivity contribution < 1.29 is 9.32 Å². The van der Waals surface area contributed by atoms with E-state index < -0.39 is 0 Å². The number of nitrogens with zero attached hydrogens (tertiary/aromatic N) is 5. The molecule has 1 saturated heterocycles. The van der Waals surface area contributed by atoms with Crippen LogP contribution < -0.4 is 5.56 Å². The van der Waals surface area contributed by atoms with Crippen LogP contribution in [0.4, 0.5) is 0 Å². The number of carbonyl (C=O) groups is 1. The summed E-state index contributed by atoms with van der Waals surface area (Å²) in [6.45, 7) is 5.02. The first-order valence-corrected chi connectivity index (χ1v) is 8.58. The van der Waals surface area contributed by atoms with Crippen molar-refractivity contribution in [1.82, 2.24) is 24.6 Å². The molecule has 1 amide bonds. The Morgan fingerprint density at radius 2 is 2.08 bits per heavy atom. The highest BCUT2D eigenvalue weighted by Crippen LogP contribution is 2.26. The van der Waals surface area contributed by atoms with Gasteiger partial charge in [0.1, 0.15) is 6.54 Å². The molecule has 0 bridgehead atoms. The Kier molecular flexibility index (Phi) is 4.02. The monoisotopic (exact) mass is 353 g/mol. The van der Waals surface area contributed by atoms with Crippen molar-refractivity contribution in [3.05, 3.63) is 52.7 Å². The normalized spacial score (nSPS) is 14.8. The fraction of sp³-hybridized carbons (Fsp3) is 0.389. The second-order valence-electron chi connectivity index (χ2n) is 6.84. The number of aromatic nitrogens is 4. The molecule has 134 valence electrons. The van der Waals surface area contributed by atoms with E-state index in [0.717, 1.165) is 0 Å². The second kappa shape index (κ2) is 6.36. The minimum atomic E-state index is -0.209. The van der Waals surface area contributed by atoms with Crippen LogP contribution in [0.2, 0.25) is 0 Å². The predicted octanol–water partition coefficient (Wildman–Crippen LogP) is 1.53.